The van der Waals surface area contributed by atoms with Crippen LogP contribution >= 0.6 is 0 Å². The number of hydrogen-bond acceptors (Lipinski definition) is 4. The molecule has 0 aromatic heterocycles. The predicted molar refractivity (Wildman–Crippen MR) is 110 cm³/mol. The van der Waals surface area contributed by atoms with Gasteiger partial charge in [0.25, 0.3) is 0 Å². The number of ether oxygens (including phenoxy) is 2. The number of urea groups is 1. The van der Waals surface area contributed by atoms with Crippen molar-refractivity contribution in [1.29, 1.82) is 0 Å². The molecule has 3 N–H and O–H groups in total. The smallest absolute Gasteiger partial charge is 0.317 e. The average Bonchev–Trinajstić information content (AvgIpc) is 2.77. The van der Waals surface area contributed by atoms with Crippen molar-refractivity contribution >= 4 is 6.03 Å². The standard InChI is InChI=1S/C22H29N3O3/c1-27-20-8-4-7-19(21(20)28-2)15-24-22(26)25-11-9-17(10-12-25)18-6-3-5-16(13-18)14-23/h3-8,13,17H,9-12,14-15,23H2,1-2H3,(H,24,26). The summed E-state index contributed by atoms with van der Waals surface area (Å²) < 4.78 is 10.7. The molecule has 1 saturated heterocycles. The Hall–Kier alpha value is -2.73. The topological polar surface area (TPSA) is 76.8 Å². The SMILES string of the molecule is COc1cccc(CNC(=O)N2CCC(c3cccc(CN)c3)CC2)c1OC. The average molecular weight is 383 g/mol. The van der Waals surface area contributed by atoms with Gasteiger partial charge in [-0.25, -0.2) is 4.79 Å². The first-order valence-corrected chi connectivity index (χ1v) is 9.67. The molecule has 6 heteroatoms. The van der Waals surface area contributed by atoms with Gasteiger partial charge in [-0.3, -0.25) is 0 Å². The molecule has 0 radical (unpaired) electrons. The number of rotatable bonds is 6. The highest BCUT2D eigenvalue weighted by atomic mass is 16.5. The van der Waals surface area contributed by atoms with Gasteiger partial charge in [-0.2, -0.15) is 0 Å². The van der Waals surface area contributed by atoms with Crippen molar-refractivity contribution in [2.24, 2.45) is 5.73 Å². The third kappa shape index (κ3) is 4.57. The van der Waals surface area contributed by atoms with Crippen molar-refractivity contribution < 1.29 is 14.3 Å². The van der Waals surface area contributed by atoms with Gasteiger partial charge in [-0.05, 0) is 36.0 Å². The van der Waals surface area contributed by atoms with Crippen LogP contribution in [0.1, 0.15) is 35.4 Å². The summed E-state index contributed by atoms with van der Waals surface area (Å²) in [6.07, 6.45) is 1.92. The molecule has 0 aliphatic carbocycles. The second-order valence-electron chi connectivity index (χ2n) is 7.02. The first kappa shape index (κ1) is 20.0. The number of carbonyl (C=O) groups is 1. The Morgan fingerprint density at radius 2 is 1.89 bits per heavy atom. The zero-order valence-corrected chi connectivity index (χ0v) is 16.6. The number of methoxy groups -OCH3 is 2. The summed E-state index contributed by atoms with van der Waals surface area (Å²) in [4.78, 5) is 14.5. The Bertz CT molecular complexity index is 801. The van der Waals surface area contributed by atoms with E-state index in [1.807, 2.05) is 23.1 Å². The van der Waals surface area contributed by atoms with Crippen LogP contribution in [0.25, 0.3) is 0 Å². The number of piperidine rings is 1. The first-order chi connectivity index (χ1) is 13.7. The Labute approximate surface area is 166 Å². The fourth-order valence-corrected chi connectivity index (χ4v) is 3.77. The maximum Gasteiger partial charge on any atom is 0.317 e. The van der Waals surface area contributed by atoms with Crippen LogP contribution in [-0.2, 0) is 13.1 Å². The lowest BCUT2D eigenvalue weighted by Gasteiger charge is -2.32. The largest absolute Gasteiger partial charge is 0.493 e. The summed E-state index contributed by atoms with van der Waals surface area (Å²) in [6, 6.07) is 14.1. The van der Waals surface area contributed by atoms with Crippen LogP contribution < -0.4 is 20.5 Å². The minimum absolute atomic E-state index is 0.0426. The molecule has 0 unspecified atom stereocenters. The van der Waals surface area contributed by atoms with Crippen LogP contribution in [-0.4, -0.2) is 38.2 Å². The molecule has 150 valence electrons. The number of likely N-dealkylation sites (tertiary alicyclic amines) is 1. The number of benzene rings is 2. The zero-order chi connectivity index (χ0) is 19.9. The van der Waals surface area contributed by atoms with Crippen molar-refractivity contribution in [1.82, 2.24) is 10.2 Å². The van der Waals surface area contributed by atoms with Gasteiger partial charge in [0.15, 0.2) is 11.5 Å². The highest BCUT2D eigenvalue weighted by Gasteiger charge is 2.24. The number of nitrogens with one attached hydrogen (secondary N) is 1. The van der Waals surface area contributed by atoms with Crippen LogP contribution in [0.5, 0.6) is 11.5 Å². The van der Waals surface area contributed by atoms with Crippen molar-refractivity contribution in [2.75, 3.05) is 27.3 Å². The van der Waals surface area contributed by atoms with E-state index in [9.17, 15) is 4.79 Å². The Morgan fingerprint density at radius 1 is 1.14 bits per heavy atom. The van der Waals surface area contributed by atoms with Crippen molar-refractivity contribution in [3.8, 4) is 11.5 Å². The lowest BCUT2D eigenvalue weighted by atomic mass is 9.88. The monoisotopic (exact) mass is 383 g/mol. The van der Waals surface area contributed by atoms with E-state index in [2.05, 4.69) is 29.6 Å². The van der Waals surface area contributed by atoms with E-state index in [-0.39, 0.29) is 6.03 Å². The van der Waals surface area contributed by atoms with E-state index < -0.39 is 0 Å². The van der Waals surface area contributed by atoms with Gasteiger partial charge in [0.05, 0.1) is 14.2 Å². The van der Waals surface area contributed by atoms with E-state index in [0.717, 1.165) is 37.1 Å². The van der Waals surface area contributed by atoms with Crippen LogP contribution in [0.4, 0.5) is 4.79 Å². The number of para-hydroxylation sites is 1. The molecule has 0 atom stereocenters. The molecule has 0 spiro atoms. The van der Waals surface area contributed by atoms with E-state index in [0.29, 0.717) is 30.5 Å². The fourth-order valence-electron chi connectivity index (χ4n) is 3.77. The molecule has 1 aliphatic heterocycles. The van der Waals surface area contributed by atoms with Gasteiger partial charge in [-0.1, -0.05) is 36.4 Å². The highest BCUT2D eigenvalue weighted by molar-refractivity contribution is 5.74. The van der Waals surface area contributed by atoms with Gasteiger partial charge in [0, 0.05) is 31.7 Å². The summed E-state index contributed by atoms with van der Waals surface area (Å²) in [5.41, 5.74) is 9.13. The molecule has 1 heterocycles. The summed E-state index contributed by atoms with van der Waals surface area (Å²) in [7, 11) is 3.21. The molecular formula is C22H29N3O3. The summed E-state index contributed by atoms with van der Waals surface area (Å²) >= 11 is 0. The summed E-state index contributed by atoms with van der Waals surface area (Å²) in [6.45, 7) is 2.46. The number of nitrogens with zero attached hydrogens (tertiary/aromatic N) is 1. The van der Waals surface area contributed by atoms with Gasteiger partial charge in [0.2, 0.25) is 0 Å². The Morgan fingerprint density at radius 3 is 2.57 bits per heavy atom. The maximum atomic E-state index is 12.6. The number of amides is 2. The fraction of sp³-hybridized carbons (Fsp3) is 0.409. The Balaban J connectivity index is 1.54. The maximum absolute atomic E-state index is 12.6. The van der Waals surface area contributed by atoms with Gasteiger partial charge >= 0.3 is 6.03 Å². The van der Waals surface area contributed by atoms with E-state index in [1.54, 1.807) is 14.2 Å². The van der Waals surface area contributed by atoms with Gasteiger partial charge in [-0.15, -0.1) is 0 Å². The second-order valence-corrected chi connectivity index (χ2v) is 7.02. The van der Waals surface area contributed by atoms with Crippen LogP contribution in [0.2, 0.25) is 0 Å². The van der Waals surface area contributed by atoms with Gasteiger partial charge < -0.3 is 25.4 Å². The third-order valence-electron chi connectivity index (χ3n) is 5.35. The first-order valence-electron chi connectivity index (χ1n) is 9.67. The summed E-state index contributed by atoms with van der Waals surface area (Å²) in [5, 5.41) is 3.00. The number of nitrogens with two attached hydrogens (primary N) is 1. The van der Waals surface area contributed by atoms with E-state index >= 15 is 0 Å². The highest BCUT2D eigenvalue weighted by Crippen LogP contribution is 2.31. The van der Waals surface area contributed by atoms with Crippen molar-refractivity contribution in [3.63, 3.8) is 0 Å². The molecule has 0 bridgehead atoms. The normalized spacial score (nSPS) is 14.6. The lowest BCUT2D eigenvalue weighted by Crippen LogP contribution is -2.43. The van der Waals surface area contributed by atoms with Crippen LogP contribution in [0, 0.1) is 0 Å². The quantitative estimate of drug-likeness (QED) is 0.803. The van der Waals surface area contributed by atoms with Crippen molar-refractivity contribution in [2.45, 2.75) is 31.8 Å². The molecule has 3 rings (SSSR count). The lowest BCUT2D eigenvalue weighted by molar-refractivity contribution is 0.181. The van der Waals surface area contributed by atoms with Crippen LogP contribution in [0.15, 0.2) is 42.5 Å². The van der Waals surface area contributed by atoms with E-state index in [1.165, 1.54) is 5.56 Å². The summed E-state index contributed by atoms with van der Waals surface area (Å²) in [5.74, 6) is 1.80. The number of hydrogen-bond donors (Lipinski definition) is 2. The predicted octanol–water partition coefficient (Wildman–Crippen LogP) is 3.25. The minimum atomic E-state index is -0.0426. The molecular weight excluding hydrogens is 354 g/mol. The molecule has 1 aliphatic rings. The number of carbonyl (C=O) groups excluding carboxylic acids is 1. The zero-order valence-electron chi connectivity index (χ0n) is 16.6. The van der Waals surface area contributed by atoms with Crippen molar-refractivity contribution in [3.05, 3.63) is 59.2 Å². The second kappa shape index (κ2) is 9.46. The molecule has 0 saturated carbocycles. The molecule has 2 amide bonds. The molecule has 2 aromatic carbocycles. The third-order valence-corrected chi connectivity index (χ3v) is 5.35. The minimum Gasteiger partial charge on any atom is -0.493 e. The molecule has 6 nitrogen and oxygen atoms in total. The van der Waals surface area contributed by atoms with E-state index in [4.69, 9.17) is 15.2 Å². The molecule has 28 heavy (non-hydrogen) atoms. The Kier molecular flexibility index (Phi) is 6.76. The molecule has 2 aromatic rings. The van der Waals surface area contributed by atoms with Gasteiger partial charge in [0.1, 0.15) is 0 Å². The molecule has 1 fully saturated rings. The van der Waals surface area contributed by atoms with Crippen LogP contribution in [0.3, 0.4) is 0 Å².